The predicted molar refractivity (Wildman–Crippen MR) is 229 cm³/mol. The summed E-state index contributed by atoms with van der Waals surface area (Å²) in [6.45, 7) is 11.1. The fourth-order valence-electron chi connectivity index (χ4n) is 6.28. The molecule has 0 saturated carbocycles. The minimum Gasteiger partial charge on any atom is -0.478 e. The van der Waals surface area contributed by atoms with E-state index in [0.717, 1.165) is 23.5 Å². The molecular weight excluding hydrogens is 885 g/mol. The van der Waals surface area contributed by atoms with Gasteiger partial charge in [0.15, 0.2) is 11.6 Å². The molecule has 0 aliphatic rings. The maximum Gasteiger partial charge on any atom is 0.416 e. The number of aryl methyl sites for hydroxylation is 4. The molecule has 346 valence electrons. The van der Waals surface area contributed by atoms with Crippen LogP contribution in [0.1, 0.15) is 100 Å². The number of carbonyl (C=O) groups excluding carboxylic acids is 2. The molecule has 2 aromatic heterocycles. The lowest BCUT2D eigenvalue weighted by Gasteiger charge is -2.14. The normalized spacial score (nSPS) is 11.4. The van der Waals surface area contributed by atoms with Gasteiger partial charge in [-0.2, -0.15) is 36.5 Å². The third-order valence-corrected chi connectivity index (χ3v) is 9.32. The monoisotopic (exact) mass is 924 g/mol. The number of halogens is 8. The lowest BCUT2D eigenvalue weighted by Crippen LogP contribution is -2.19. The molecule has 0 aliphatic carbocycles. The number of hydrazone groups is 2. The Bertz CT molecular complexity index is 2770. The van der Waals surface area contributed by atoms with E-state index < -0.39 is 64.4 Å². The molecule has 4 aromatic carbocycles. The number of benzene rings is 4. The van der Waals surface area contributed by atoms with Crippen LogP contribution in [0, 0.1) is 39.3 Å². The van der Waals surface area contributed by atoms with Crippen LogP contribution in [0.5, 0.6) is 0 Å². The average molecular weight is 925 g/mol. The van der Waals surface area contributed by atoms with E-state index in [-0.39, 0.29) is 39.6 Å². The highest BCUT2D eigenvalue weighted by Crippen LogP contribution is 2.36. The Morgan fingerprint density at radius 3 is 1.24 bits per heavy atom. The van der Waals surface area contributed by atoms with Gasteiger partial charge >= 0.3 is 24.3 Å². The first-order valence-corrected chi connectivity index (χ1v) is 19.4. The first-order valence-electron chi connectivity index (χ1n) is 19.4. The topological polar surface area (TPSA) is 167 Å². The van der Waals surface area contributed by atoms with Crippen molar-refractivity contribution in [2.24, 2.45) is 10.2 Å². The number of carboxylic acids is 2. The van der Waals surface area contributed by atoms with Crippen LogP contribution in [0.25, 0.3) is 11.4 Å². The van der Waals surface area contributed by atoms with Gasteiger partial charge in [0.05, 0.1) is 46.1 Å². The molecule has 4 N–H and O–H groups in total. The van der Waals surface area contributed by atoms with Crippen LogP contribution in [-0.2, 0) is 12.4 Å². The highest BCUT2D eigenvalue weighted by molar-refractivity contribution is 6.00. The zero-order valence-electron chi connectivity index (χ0n) is 35.7. The van der Waals surface area contributed by atoms with Crippen molar-refractivity contribution in [2.45, 2.75) is 53.9 Å². The van der Waals surface area contributed by atoms with Crippen molar-refractivity contribution in [2.75, 3.05) is 0 Å². The van der Waals surface area contributed by atoms with Crippen molar-refractivity contribution in [3.8, 4) is 11.4 Å². The number of alkyl halides is 6. The second-order valence-corrected chi connectivity index (χ2v) is 13.9. The second kappa shape index (κ2) is 21.2. The molecule has 0 aliphatic heterocycles. The third kappa shape index (κ3) is 12.4. The summed E-state index contributed by atoms with van der Waals surface area (Å²) >= 11 is 0. The number of aromatic nitrogens is 2. The highest BCUT2D eigenvalue weighted by atomic mass is 19.4. The van der Waals surface area contributed by atoms with Gasteiger partial charge in [-0.15, -0.1) is 0 Å². The number of nitrogens with one attached hydrogen (secondary N) is 2. The van der Waals surface area contributed by atoms with Gasteiger partial charge in [0.25, 0.3) is 11.8 Å². The molecule has 6 aromatic rings. The number of hydrogen-bond donors (Lipinski definition) is 4. The van der Waals surface area contributed by atoms with Gasteiger partial charge in [0.1, 0.15) is 0 Å². The number of hydrogen-bond acceptors (Lipinski definition) is 6. The third-order valence-electron chi connectivity index (χ3n) is 9.32. The van der Waals surface area contributed by atoms with Gasteiger partial charge in [-0.3, -0.25) is 9.59 Å². The van der Waals surface area contributed by atoms with Crippen LogP contribution in [-0.4, -0.2) is 55.5 Å². The van der Waals surface area contributed by atoms with Crippen molar-refractivity contribution in [1.29, 1.82) is 0 Å². The standard InChI is InChI=1S/C23H17F6N3O3.C21H17F2N3O3.C2H6/c1-12-3-4-13(2)32(12)19-9-15(5-6-18(19)21(34)35)20(33)31-30-11-14-7-16(22(24,25)26)10-17(8-14)23(27,28)29;1-12-3-4-13(2)26(12)19-10-15(6-7-16(19)21(28)29)20(27)25-24-11-14-5-8-17(22)18(23)9-14;1-2/h3-11H,1-2H3,(H,31,33)(H,34,35);3-11H,1-2H3,(H,25,27)(H,28,29);1-2H3/b30-11+;24-11+;. The van der Waals surface area contributed by atoms with E-state index in [0.29, 0.717) is 35.4 Å². The van der Waals surface area contributed by atoms with E-state index in [1.807, 2.05) is 45.3 Å². The SMILES string of the molecule is CC.Cc1ccc(C)n1-c1cc(C(=O)N/N=C/c2cc(C(F)(F)F)cc(C(F)(F)F)c2)ccc1C(=O)O.Cc1ccc(C)n1-c1cc(C(=O)N/N=C/c2ccc(F)c(F)c2)ccc1C(=O)O. The summed E-state index contributed by atoms with van der Waals surface area (Å²) in [5, 5.41) is 26.2. The summed E-state index contributed by atoms with van der Waals surface area (Å²) < 4.78 is 107. The van der Waals surface area contributed by atoms with Gasteiger partial charge in [-0.25, -0.2) is 29.2 Å². The van der Waals surface area contributed by atoms with Crippen LogP contribution >= 0.6 is 0 Å². The Kier molecular flexibility index (Phi) is 16.3. The van der Waals surface area contributed by atoms with Gasteiger partial charge in [-0.05, 0) is 130 Å². The van der Waals surface area contributed by atoms with Crippen LogP contribution in [0.4, 0.5) is 35.1 Å². The lowest BCUT2D eigenvalue weighted by molar-refractivity contribution is -0.143. The summed E-state index contributed by atoms with van der Waals surface area (Å²) in [6, 6.07) is 19.2. The number of amides is 2. The Balaban J connectivity index is 0.000000282. The van der Waals surface area contributed by atoms with E-state index in [9.17, 15) is 64.5 Å². The van der Waals surface area contributed by atoms with Crippen LogP contribution in [0.15, 0.2) is 107 Å². The van der Waals surface area contributed by atoms with Crippen molar-refractivity contribution >= 4 is 36.2 Å². The number of nitrogens with zero attached hydrogens (tertiary/aromatic N) is 4. The van der Waals surface area contributed by atoms with E-state index in [2.05, 4.69) is 15.6 Å². The fraction of sp³-hybridized carbons (Fsp3) is 0.174. The summed E-state index contributed by atoms with van der Waals surface area (Å²) in [6.07, 6.45) is -8.23. The molecule has 0 unspecified atom stereocenters. The lowest BCUT2D eigenvalue weighted by atomic mass is 10.1. The first kappa shape index (κ1) is 50.7. The molecule has 0 bridgehead atoms. The fourth-order valence-corrected chi connectivity index (χ4v) is 6.28. The van der Waals surface area contributed by atoms with Gasteiger partial charge in [0, 0.05) is 33.9 Å². The predicted octanol–water partition coefficient (Wildman–Crippen LogP) is 10.5. The van der Waals surface area contributed by atoms with Gasteiger partial charge < -0.3 is 19.3 Å². The van der Waals surface area contributed by atoms with Crippen molar-refractivity contribution in [1.82, 2.24) is 20.0 Å². The molecular formula is C46H40F8N6O6. The molecule has 2 heterocycles. The number of rotatable bonds is 10. The molecule has 6 rings (SSSR count). The summed E-state index contributed by atoms with van der Waals surface area (Å²) in [4.78, 5) is 48.2. The Hall–Kier alpha value is -7.90. The van der Waals surface area contributed by atoms with Crippen molar-refractivity contribution < 1.29 is 64.5 Å². The highest BCUT2D eigenvalue weighted by Gasteiger charge is 2.36. The Labute approximate surface area is 371 Å². The van der Waals surface area contributed by atoms with E-state index in [1.54, 1.807) is 35.1 Å². The summed E-state index contributed by atoms with van der Waals surface area (Å²) in [5.74, 6) is -5.79. The number of carbonyl (C=O) groups is 4. The molecule has 66 heavy (non-hydrogen) atoms. The molecule has 0 saturated heterocycles. The van der Waals surface area contributed by atoms with Crippen LogP contribution in [0.2, 0.25) is 0 Å². The maximum absolute atomic E-state index is 13.2. The van der Waals surface area contributed by atoms with Gasteiger partial charge in [0.2, 0.25) is 0 Å². The minimum atomic E-state index is -5.02. The molecule has 0 atom stereocenters. The van der Waals surface area contributed by atoms with E-state index in [4.69, 9.17) is 0 Å². The van der Waals surface area contributed by atoms with Gasteiger partial charge in [-0.1, -0.05) is 19.9 Å². The number of aromatic carboxylic acids is 2. The van der Waals surface area contributed by atoms with Crippen molar-refractivity contribution in [3.63, 3.8) is 0 Å². The minimum absolute atomic E-state index is 0.0212. The molecule has 12 nitrogen and oxygen atoms in total. The largest absolute Gasteiger partial charge is 0.478 e. The summed E-state index contributed by atoms with van der Waals surface area (Å²) in [7, 11) is 0. The Morgan fingerprint density at radius 2 is 0.894 bits per heavy atom. The van der Waals surface area contributed by atoms with Crippen LogP contribution < -0.4 is 10.9 Å². The van der Waals surface area contributed by atoms with E-state index in [1.165, 1.54) is 48.7 Å². The molecule has 0 spiro atoms. The molecule has 20 heteroatoms. The first-order chi connectivity index (χ1) is 31.0. The molecule has 0 fully saturated rings. The van der Waals surface area contributed by atoms with Crippen molar-refractivity contribution in [3.05, 3.63) is 176 Å². The second-order valence-electron chi connectivity index (χ2n) is 13.9. The molecule has 2 amide bonds. The summed E-state index contributed by atoms with van der Waals surface area (Å²) in [5.41, 5.74) is 4.72. The molecule has 0 radical (unpaired) electrons. The zero-order valence-corrected chi connectivity index (χ0v) is 35.7. The Morgan fingerprint density at radius 1 is 0.515 bits per heavy atom. The quantitative estimate of drug-likeness (QED) is 0.0606. The average Bonchev–Trinajstić information content (AvgIpc) is 3.78. The van der Waals surface area contributed by atoms with Crippen LogP contribution in [0.3, 0.4) is 0 Å². The van der Waals surface area contributed by atoms with E-state index >= 15 is 0 Å². The zero-order chi connectivity index (χ0) is 49.3. The maximum atomic E-state index is 13.2. The number of carboxylic acid groups (broad SMARTS) is 2. The smallest absolute Gasteiger partial charge is 0.416 e.